The van der Waals surface area contributed by atoms with Crippen molar-refractivity contribution in [2.75, 3.05) is 22.1 Å². The summed E-state index contributed by atoms with van der Waals surface area (Å²) in [5, 5.41) is 25.3. The highest BCUT2D eigenvalue weighted by atomic mass is 32.3. The number of aromatic hydroxyl groups is 2. The van der Waals surface area contributed by atoms with Crippen LogP contribution in [0.15, 0.2) is 58.6 Å². The van der Waals surface area contributed by atoms with E-state index in [-0.39, 0.29) is 28.8 Å². The average molecular weight is 595 g/mol. The molecule has 0 aromatic heterocycles. The Bertz CT molecular complexity index is 1160. The van der Waals surface area contributed by atoms with E-state index < -0.39 is 23.9 Å². The lowest BCUT2D eigenvalue weighted by molar-refractivity contribution is 0.475. The molecular weight excluding hydrogens is 548 g/mol. The molecular formula is C30H46N2O6S2. The maximum atomic E-state index is 13.8. The molecule has 0 saturated carbocycles. The summed E-state index contributed by atoms with van der Waals surface area (Å²) in [5.41, 5.74) is 0.808. The summed E-state index contributed by atoms with van der Waals surface area (Å²) in [6.45, 7) is 4.22. The lowest BCUT2D eigenvalue weighted by Gasteiger charge is -2.20. The number of phenols is 2. The molecule has 0 atom stereocenters. The molecule has 0 aliphatic rings. The Morgan fingerprint density at radius 3 is 1.23 bits per heavy atom. The van der Waals surface area contributed by atoms with Gasteiger partial charge in [-0.2, -0.15) is 0 Å². The number of phenolic OH excluding ortho intramolecular Hbond substituents is 2. The number of unbranched alkanes of at least 4 members (excludes halogenated alkanes) is 10. The number of sulfone groups is 2. The number of hydrogen-bond acceptors (Lipinski definition) is 8. The normalized spacial score (nSPS) is 11.8. The van der Waals surface area contributed by atoms with Crippen molar-refractivity contribution < 1.29 is 27.0 Å². The first kappa shape index (κ1) is 33.5. The van der Waals surface area contributed by atoms with Gasteiger partial charge in [-0.05, 0) is 61.4 Å². The second-order valence-electron chi connectivity index (χ2n) is 10.2. The summed E-state index contributed by atoms with van der Waals surface area (Å²) in [5.74, 6) is -0.679. The Kier molecular flexibility index (Phi) is 14.4. The van der Waals surface area contributed by atoms with Gasteiger partial charge in [-0.25, -0.2) is 16.8 Å². The molecule has 0 bridgehead atoms. The van der Waals surface area contributed by atoms with E-state index in [2.05, 4.69) is 24.5 Å². The Hall–Kier alpha value is -2.72. The summed E-state index contributed by atoms with van der Waals surface area (Å²) in [6.07, 6.45) is 10.3. The first-order chi connectivity index (χ1) is 19.1. The molecule has 10 heteroatoms. The lowest BCUT2D eigenvalue weighted by atomic mass is 10.1. The average Bonchev–Trinajstić information content (AvgIpc) is 2.90. The van der Waals surface area contributed by atoms with Crippen LogP contribution < -0.4 is 10.6 Å². The topological polar surface area (TPSA) is 133 Å². The molecule has 40 heavy (non-hydrogen) atoms. The van der Waals surface area contributed by atoms with Crippen LogP contribution in [0, 0.1) is 0 Å². The highest BCUT2D eigenvalue weighted by Crippen LogP contribution is 2.28. The fourth-order valence-corrected chi connectivity index (χ4v) is 8.76. The van der Waals surface area contributed by atoms with E-state index in [0.717, 1.165) is 51.4 Å². The van der Waals surface area contributed by atoms with Crippen LogP contribution in [0.5, 0.6) is 11.5 Å². The number of benzene rings is 2. The molecule has 224 valence electrons. The van der Waals surface area contributed by atoms with E-state index in [1.54, 1.807) is 0 Å². The van der Waals surface area contributed by atoms with Crippen molar-refractivity contribution in [3.63, 3.8) is 0 Å². The first-order valence-electron chi connectivity index (χ1n) is 14.4. The summed E-state index contributed by atoms with van der Waals surface area (Å²) in [4.78, 5) is 0. The van der Waals surface area contributed by atoms with Crippen LogP contribution >= 0.6 is 0 Å². The van der Waals surface area contributed by atoms with Crippen molar-refractivity contribution in [1.82, 2.24) is 0 Å². The number of hydrogen-bond donors (Lipinski definition) is 4. The minimum Gasteiger partial charge on any atom is -0.508 e. The van der Waals surface area contributed by atoms with Crippen LogP contribution in [0.4, 0.5) is 11.4 Å². The number of rotatable bonds is 20. The van der Waals surface area contributed by atoms with Gasteiger partial charge in [-0.15, -0.1) is 0 Å². The van der Waals surface area contributed by atoms with Crippen molar-refractivity contribution in [3.8, 4) is 11.5 Å². The zero-order chi connectivity index (χ0) is 29.4. The molecule has 0 aliphatic heterocycles. The molecule has 0 saturated heterocycles. The van der Waals surface area contributed by atoms with Gasteiger partial charge in [-0.1, -0.05) is 78.1 Å². The maximum absolute atomic E-state index is 13.8. The quantitative estimate of drug-likeness (QED) is 0.0927. The molecule has 0 spiro atoms. The third-order valence-corrected chi connectivity index (χ3v) is 11.3. The predicted molar refractivity (Wildman–Crippen MR) is 165 cm³/mol. The van der Waals surface area contributed by atoms with E-state index in [4.69, 9.17) is 0 Å². The minimum absolute atomic E-state index is 0.0224. The van der Waals surface area contributed by atoms with E-state index in [9.17, 15) is 27.0 Å². The number of nitrogens with one attached hydrogen (secondary N) is 2. The van der Waals surface area contributed by atoms with Gasteiger partial charge in [0.2, 0.25) is 0 Å². The Morgan fingerprint density at radius 1 is 0.550 bits per heavy atom. The minimum atomic E-state index is -4.21. The van der Waals surface area contributed by atoms with Crippen LogP contribution in [-0.2, 0) is 19.7 Å². The fraction of sp³-hybridized carbons (Fsp3) is 0.533. The largest absolute Gasteiger partial charge is 0.508 e. The Balaban J connectivity index is 2.48. The standard InChI is InChI=1S/C30H46N2O6S2/c1-3-5-7-9-11-13-23-39(35,36)30(40(37,38)24-14-12-10-8-6-4-2)29(31-25-15-19-27(33)20-16-25)32-26-17-21-28(34)22-18-26/h15-22,31-34H,3-14,23-24H2,1-2H3. The van der Waals surface area contributed by atoms with Gasteiger partial charge in [0.25, 0.3) is 0 Å². The van der Waals surface area contributed by atoms with Gasteiger partial charge >= 0.3 is 0 Å². The van der Waals surface area contributed by atoms with Gasteiger partial charge in [0.15, 0.2) is 23.9 Å². The molecule has 2 rings (SSSR count). The SMILES string of the molecule is CCCCCCCCS(=O)(=O)C(=C(Nc1ccc(O)cc1)Nc1ccc(O)cc1)S(=O)(=O)CCCCCCCC. The summed E-state index contributed by atoms with van der Waals surface area (Å²) >= 11 is 0. The smallest absolute Gasteiger partial charge is 0.199 e. The van der Waals surface area contributed by atoms with E-state index in [1.165, 1.54) is 48.5 Å². The highest BCUT2D eigenvalue weighted by Gasteiger charge is 2.34. The highest BCUT2D eigenvalue weighted by molar-refractivity contribution is 8.14. The van der Waals surface area contributed by atoms with Crippen molar-refractivity contribution in [2.45, 2.75) is 90.9 Å². The van der Waals surface area contributed by atoms with Crippen molar-refractivity contribution in [1.29, 1.82) is 0 Å². The van der Waals surface area contributed by atoms with Gasteiger partial charge < -0.3 is 20.8 Å². The summed E-state index contributed by atoms with van der Waals surface area (Å²) in [7, 11) is -8.42. The van der Waals surface area contributed by atoms with Crippen LogP contribution in [0.25, 0.3) is 0 Å². The molecule has 0 unspecified atom stereocenters. The van der Waals surface area contributed by atoms with Crippen LogP contribution in [0.2, 0.25) is 0 Å². The van der Waals surface area contributed by atoms with Gasteiger partial charge in [0, 0.05) is 11.4 Å². The van der Waals surface area contributed by atoms with Crippen LogP contribution in [-0.4, -0.2) is 38.6 Å². The van der Waals surface area contributed by atoms with E-state index in [0.29, 0.717) is 37.1 Å². The second-order valence-corrected chi connectivity index (χ2v) is 14.5. The molecule has 0 fully saturated rings. The third-order valence-electron chi connectivity index (χ3n) is 6.58. The van der Waals surface area contributed by atoms with Crippen molar-refractivity contribution >= 4 is 31.0 Å². The van der Waals surface area contributed by atoms with E-state index in [1.807, 2.05) is 0 Å². The van der Waals surface area contributed by atoms with Gasteiger partial charge in [-0.3, -0.25) is 0 Å². The Morgan fingerprint density at radius 2 is 0.875 bits per heavy atom. The molecule has 2 aromatic carbocycles. The zero-order valence-electron chi connectivity index (χ0n) is 23.9. The zero-order valence-corrected chi connectivity index (χ0v) is 25.5. The molecule has 0 heterocycles. The molecule has 0 amide bonds. The molecule has 8 nitrogen and oxygen atoms in total. The molecule has 0 radical (unpaired) electrons. The predicted octanol–water partition coefficient (Wildman–Crippen LogP) is 7.30. The Labute approximate surface area is 240 Å². The fourth-order valence-electron chi connectivity index (χ4n) is 4.35. The van der Waals surface area contributed by atoms with Crippen molar-refractivity contribution in [3.05, 3.63) is 58.6 Å². The van der Waals surface area contributed by atoms with E-state index >= 15 is 0 Å². The maximum Gasteiger partial charge on any atom is 0.199 e. The second kappa shape index (κ2) is 17.2. The summed E-state index contributed by atoms with van der Waals surface area (Å²) < 4.78 is 54.4. The van der Waals surface area contributed by atoms with Crippen LogP contribution in [0.3, 0.4) is 0 Å². The molecule has 4 N–H and O–H groups in total. The molecule has 2 aromatic rings. The lowest BCUT2D eigenvalue weighted by Crippen LogP contribution is -2.26. The summed E-state index contributed by atoms with van der Waals surface area (Å²) in [6, 6.07) is 11.8. The van der Waals surface area contributed by atoms with Crippen LogP contribution in [0.1, 0.15) is 90.9 Å². The van der Waals surface area contributed by atoms with Crippen molar-refractivity contribution in [2.24, 2.45) is 0 Å². The first-order valence-corrected chi connectivity index (χ1v) is 17.7. The monoisotopic (exact) mass is 594 g/mol. The third kappa shape index (κ3) is 11.8. The van der Waals surface area contributed by atoms with Gasteiger partial charge in [0.1, 0.15) is 17.3 Å². The number of anilines is 2. The van der Waals surface area contributed by atoms with Gasteiger partial charge in [0.05, 0.1) is 11.5 Å². The molecule has 0 aliphatic carbocycles.